The van der Waals surface area contributed by atoms with E-state index in [4.69, 9.17) is 14.0 Å². The number of para-hydroxylation sites is 1. The number of aromatic nitrogens is 2. The van der Waals surface area contributed by atoms with Gasteiger partial charge in [0.25, 0.3) is 0 Å². The van der Waals surface area contributed by atoms with Gasteiger partial charge in [-0.05, 0) is 30.4 Å². The van der Waals surface area contributed by atoms with Crippen LogP contribution in [0.5, 0.6) is 5.75 Å². The number of hydrogen-bond donors (Lipinski definition) is 0. The lowest BCUT2D eigenvalue weighted by atomic mass is 10.1. The van der Waals surface area contributed by atoms with Crippen LogP contribution in [0.1, 0.15) is 24.3 Å². The van der Waals surface area contributed by atoms with Gasteiger partial charge in [-0.25, -0.2) is 0 Å². The molecule has 142 valence electrons. The van der Waals surface area contributed by atoms with Gasteiger partial charge in [0, 0.05) is 36.2 Å². The first-order valence-corrected chi connectivity index (χ1v) is 10.1. The van der Waals surface area contributed by atoms with Gasteiger partial charge in [-0.2, -0.15) is 16.3 Å². The Bertz CT molecular complexity index is 844. The van der Waals surface area contributed by atoms with E-state index in [1.807, 2.05) is 35.0 Å². The third-order valence-corrected chi connectivity index (χ3v) is 5.36. The quantitative estimate of drug-likeness (QED) is 0.584. The molecule has 6 nitrogen and oxygen atoms in total. The second kappa shape index (κ2) is 8.65. The predicted octanol–water partition coefficient (Wildman–Crippen LogP) is 3.99. The van der Waals surface area contributed by atoms with Crippen LogP contribution < -0.4 is 4.74 Å². The second-order valence-electron chi connectivity index (χ2n) is 6.64. The molecular weight excluding hydrogens is 362 g/mol. The summed E-state index contributed by atoms with van der Waals surface area (Å²) >= 11 is 1.62. The van der Waals surface area contributed by atoms with Crippen molar-refractivity contribution < 1.29 is 14.0 Å². The monoisotopic (exact) mass is 385 g/mol. The standard InChI is InChI=1S/C20H23N3O3S/c1-24-18-7-3-2-5-15(18)11-23(12-17-6-4-9-25-17)13-19-21-20(22-26-19)16-8-10-27-14-16/h2-3,5,7-8,10,14,17H,4,6,9,11-13H2,1H3. The van der Waals surface area contributed by atoms with Crippen LogP contribution in [0.2, 0.25) is 0 Å². The highest BCUT2D eigenvalue weighted by molar-refractivity contribution is 7.08. The molecule has 0 bridgehead atoms. The number of rotatable bonds is 8. The van der Waals surface area contributed by atoms with Crippen LogP contribution in [0.25, 0.3) is 11.4 Å². The first-order valence-electron chi connectivity index (χ1n) is 9.13. The Morgan fingerprint density at radius 3 is 2.96 bits per heavy atom. The first-order chi connectivity index (χ1) is 13.3. The number of hydrogen-bond acceptors (Lipinski definition) is 7. The lowest BCUT2D eigenvalue weighted by Crippen LogP contribution is -2.31. The van der Waals surface area contributed by atoms with Crippen molar-refractivity contribution in [1.29, 1.82) is 0 Å². The molecule has 0 spiro atoms. The summed E-state index contributed by atoms with van der Waals surface area (Å²) in [6.07, 6.45) is 2.46. The highest BCUT2D eigenvalue weighted by Gasteiger charge is 2.22. The summed E-state index contributed by atoms with van der Waals surface area (Å²) < 4.78 is 16.9. The van der Waals surface area contributed by atoms with Crippen LogP contribution in [0.4, 0.5) is 0 Å². The Labute approximate surface area is 162 Å². The lowest BCUT2D eigenvalue weighted by Gasteiger charge is -2.24. The van der Waals surface area contributed by atoms with Gasteiger partial charge >= 0.3 is 0 Å². The van der Waals surface area contributed by atoms with Gasteiger partial charge < -0.3 is 14.0 Å². The van der Waals surface area contributed by atoms with E-state index in [0.29, 0.717) is 18.3 Å². The Kier molecular flexibility index (Phi) is 5.81. The lowest BCUT2D eigenvalue weighted by molar-refractivity contribution is 0.0637. The van der Waals surface area contributed by atoms with Crippen molar-refractivity contribution in [3.05, 3.63) is 52.5 Å². The molecule has 1 fully saturated rings. The summed E-state index contributed by atoms with van der Waals surface area (Å²) in [6.45, 7) is 2.99. The van der Waals surface area contributed by atoms with E-state index in [-0.39, 0.29) is 6.10 Å². The maximum Gasteiger partial charge on any atom is 0.241 e. The van der Waals surface area contributed by atoms with E-state index in [9.17, 15) is 0 Å². The van der Waals surface area contributed by atoms with Crippen LogP contribution in [0.3, 0.4) is 0 Å². The zero-order valence-electron chi connectivity index (χ0n) is 15.3. The number of thiophene rings is 1. The Hall–Kier alpha value is -2.22. The Morgan fingerprint density at radius 1 is 1.26 bits per heavy atom. The molecule has 1 aromatic carbocycles. The third kappa shape index (κ3) is 4.55. The van der Waals surface area contributed by atoms with Crippen molar-refractivity contribution in [2.24, 2.45) is 0 Å². The highest BCUT2D eigenvalue weighted by atomic mass is 32.1. The average Bonchev–Trinajstić information content (AvgIpc) is 3.44. The van der Waals surface area contributed by atoms with E-state index in [0.717, 1.165) is 49.4 Å². The predicted molar refractivity (Wildman–Crippen MR) is 104 cm³/mol. The van der Waals surface area contributed by atoms with E-state index >= 15 is 0 Å². The minimum absolute atomic E-state index is 0.249. The molecule has 27 heavy (non-hydrogen) atoms. The van der Waals surface area contributed by atoms with Crippen LogP contribution in [-0.2, 0) is 17.8 Å². The minimum Gasteiger partial charge on any atom is -0.496 e. The molecule has 0 saturated carbocycles. The summed E-state index contributed by atoms with van der Waals surface area (Å²) in [5.74, 6) is 2.14. The Morgan fingerprint density at radius 2 is 2.19 bits per heavy atom. The van der Waals surface area contributed by atoms with Crippen molar-refractivity contribution in [2.45, 2.75) is 32.0 Å². The maximum absolute atomic E-state index is 5.84. The molecular formula is C20H23N3O3S. The molecule has 1 atom stereocenters. The third-order valence-electron chi connectivity index (χ3n) is 4.68. The molecule has 0 N–H and O–H groups in total. The van der Waals surface area contributed by atoms with E-state index in [1.165, 1.54) is 0 Å². The summed E-state index contributed by atoms with van der Waals surface area (Å²) in [5, 5.41) is 8.15. The zero-order valence-corrected chi connectivity index (χ0v) is 16.2. The van der Waals surface area contributed by atoms with Gasteiger partial charge in [0.2, 0.25) is 11.7 Å². The van der Waals surface area contributed by atoms with Crippen molar-refractivity contribution in [1.82, 2.24) is 15.0 Å². The second-order valence-corrected chi connectivity index (χ2v) is 7.42. The average molecular weight is 385 g/mol. The van der Waals surface area contributed by atoms with E-state index in [1.54, 1.807) is 18.4 Å². The van der Waals surface area contributed by atoms with Gasteiger partial charge in [-0.3, -0.25) is 4.90 Å². The fraction of sp³-hybridized carbons (Fsp3) is 0.400. The molecule has 3 heterocycles. The summed E-state index contributed by atoms with van der Waals surface area (Å²) in [6, 6.07) is 10.1. The topological polar surface area (TPSA) is 60.6 Å². The van der Waals surface area contributed by atoms with Crippen molar-refractivity contribution >= 4 is 11.3 Å². The summed E-state index contributed by atoms with van der Waals surface area (Å²) in [5.41, 5.74) is 2.13. The SMILES string of the molecule is COc1ccccc1CN(Cc1nc(-c2ccsc2)no1)CC1CCCO1. The van der Waals surface area contributed by atoms with Gasteiger partial charge in [0.15, 0.2) is 0 Å². The van der Waals surface area contributed by atoms with Crippen LogP contribution in [0, 0.1) is 0 Å². The fourth-order valence-electron chi connectivity index (χ4n) is 3.36. The molecule has 1 saturated heterocycles. The highest BCUT2D eigenvalue weighted by Crippen LogP contribution is 2.23. The van der Waals surface area contributed by atoms with Crippen molar-refractivity contribution in [3.8, 4) is 17.1 Å². The summed E-state index contributed by atoms with van der Waals surface area (Å²) in [7, 11) is 1.70. The molecule has 0 amide bonds. The van der Waals surface area contributed by atoms with E-state index in [2.05, 4.69) is 21.1 Å². The van der Waals surface area contributed by atoms with Gasteiger partial charge in [0.1, 0.15) is 5.75 Å². The largest absolute Gasteiger partial charge is 0.496 e. The van der Waals surface area contributed by atoms with Crippen molar-refractivity contribution in [3.63, 3.8) is 0 Å². The number of benzene rings is 1. The van der Waals surface area contributed by atoms with Crippen LogP contribution >= 0.6 is 11.3 Å². The van der Waals surface area contributed by atoms with Crippen LogP contribution in [-0.4, -0.2) is 41.4 Å². The van der Waals surface area contributed by atoms with Gasteiger partial charge in [0.05, 0.1) is 19.8 Å². The molecule has 1 aliphatic rings. The molecule has 4 rings (SSSR count). The van der Waals surface area contributed by atoms with Crippen molar-refractivity contribution in [2.75, 3.05) is 20.3 Å². The van der Waals surface area contributed by atoms with Gasteiger partial charge in [-0.1, -0.05) is 23.4 Å². The van der Waals surface area contributed by atoms with Crippen LogP contribution in [0.15, 0.2) is 45.6 Å². The first kappa shape index (κ1) is 18.2. The number of nitrogens with zero attached hydrogens (tertiary/aromatic N) is 3. The summed E-state index contributed by atoms with van der Waals surface area (Å²) in [4.78, 5) is 6.86. The molecule has 0 aliphatic carbocycles. The Balaban J connectivity index is 1.50. The maximum atomic E-state index is 5.84. The van der Waals surface area contributed by atoms with E-state index < -0.39 is 0 Å². The molecule has 2 aromatic heterocycles. The zero-order chi connectivity index (χ0) is 18.5. The molecule has 0 radical (unpaired) electrons. The molecule has 1 unspecified atom stereocenters. The smallest absolute Gasteiger partial charge is 0.241 e. The fourth-order valence-corrected chi connectivity index (χ4v) is 3.99. The van der Waals surface area contributed by atoms with Gasteiger partial charge in [-0.15, -0.1) is 0 Å². The number of methoxy groups -OCH3 is 1. The minimum atomic E-state index is 0.249. The molecule has 1 aliphatic heterocycles. The molecule has 7 heteroatoms. The molecule has 3 aromatic rings. The normalized spacial score (nSPS) is 16.9. The number of ether oxygens (including phenoxy) is 2.